The van der Waals surface area contributed by atoms with Gasteiger partial charge in [-0.1, -0.05) is 60.8 Å². The van der Waals surface area contributed by atoms with E-state index in [1.165, 1.54) is 11.3 Å². The van der Waals surface area contributed by atoms with Crippen LogP contribution in [0.3, 0.4) is 0 Å². The van der Waals surface area contributed by atoms with Crippen LogP contribution in [-0.4, -0.2) is 17.8 Å². The zero-order valence-electron chi connectivity index (χ0n) is 15.2. The first-order chi connectivity index (χ1) is 13.4. The molecule has 1 aromatic heterocycles. The van der Waals surface area contributed by atoms with Gasteiger partial charge in [-0.15, -0.1) is 11.3 Å². The average Bonchev–Trinajstić information content (AvgIpc) is 3.10. The summed E-state index contributed by atoms with van der Waals surface area (Å²) in [5.41, 5.74) is 5.53. The number of anilines is 1. The third-order valence-corrected chi connectivity index (χ3v) is 5.16. The standard InChI is InChI=1S/C20H18Cl3N3OS/c1-12(2)10-27-19-16(22)7-13(8-17(19)23)9-24-26-20-25-18(11-28-20)14-3-5-15(21)6-4-14/h3-9,11-12H,10H2,1-2H3,(H,25,26)/b24-9-. The van der Waals surface area contributed by atoms with Crippen molar-refractivity contribution in [3.05, 3.63) is 62.4 Å². The summed E-state index contributed by atoms with van der Waals surface area (Å²) in [5.74, 6) is 0.878. The van der Waals surface area contributed by atoms with Crippen LogP contribution in [0, 0.1) is 5.92 Å². The highest BCUT2D eigenvalue weighted by molar-refractivity contribution is 7.14. The van der Waals surface area contributed by atoms with E-state index in [-0.39, 0.29) is 0 Å². The topological polar surface area (TPSA) is 46.5 Å². The summed E-state index contributed by atoms with van der Waals surface area (Å²) in [6, 6.07) is 11.0. The van der Waals surface area contributed by atoms with Crippen molar-refractivity contribution in [2.75, 3.05) is 12.0 Å². The quantitative estimate of drug-likeness (QED) is 0.302. The van der Waals surface area contributed by atoms with Crippen molar-refractivity contribution in [3.63, 3.8) is 0 Å². The van der Waals surface area contributed by atoms with Crippen LogP contribution in [-0.2, 0) is 0 Å². The van der Waals surface area contributed by atoms with Gasteiger partial charge < -0.3 is 4.74 Å². The molecule has 28 heavy (non-hydrogen) atoms. The fraction of sp³-hybridized carbons (Fsp3) is 0.200. The summed E-state index contributed by atoms with van der Waals surface area (Å²) < 4.78 is 5.67. The van der Waals surface area contributed by atoms with Gasteiger partial charge in [-0.25, -0.2) is 4.98 Å². The monoisotopic (exact) mass is 453 g/mol. The Morgan fingerprint density at radius 1 is 1.14 bits per heavy atom. The minimum Gasteiger partial charge on any atom is -0.490 e. The number of ether oxygens (including phenoxy) is 1. The molecule has 0 aliphatic carbocycles. The zero-order chi connectivity index (χ0) is 20.1. The number of hydrogen-bond acceptors (Lipinski definition) is 5. The molecule has 0 saturated heterocycles. The molecule has 0 aliphatic rings. The van der Waals surface area contributed by atoms with E-state index in [0.717, 1.165) is 16.8 Å². The maximum atomic E-state index is 6.29. The van der Waals surface area contributed by atoms with Gasteiger partial charge in [0, 0.05) is 16.0 Å². The van der Waals surface area contributed by atoms with Gasteiger partial charge >= 0.3 is 0 Å². The third-order valence-electron chi connectivity index (χ3n) is 3.60. The van der Waals surface area contributed by atoms with Crippen LogP contribution < -0.4 is 10.2 Å². The molecule has 0 aliphatic heterocycles. The lowest BCUT2D eigenvalue weighted by atomic mass is 10.2. The van der Waals surface area contributed by atoms with Gasteiger partial charge in [0.25, 0.3) is 0 Å². The highest BCUT2D eigenvalue weighted by Gasteiger charge is 2.10. The van der Waals surface area contributed by atoms with Crippen molar-refractivity contribution < 1.29 is 4.74 Å². The van der Waals surface area contributed by atoms with E-state index < -0.39 is 0 Å². The minimum atomic E-state index is 0.383. The number of benzene rings is 2. The SMILES string of the molecule is CC(C)COc1c(Cl)cc(/C=N\Nc2nc(-c3ccc(Cl)cc3)cs2)cc1Cl. The van der Waals surface area contributed by atoms with Gasteiger partial charge in [-0.2, -0.15) is 5.10 Å². The summed E-state index contributed by atoms with van der Waals surface area (Å²) in [7, 11) is 0. The molecule has 0 atom stereocenters. The number of rotatable bonds is 7. The maximum absolute atomic E-state index is 6.29. The Morgan fingerprint density at radius 2 is 1.82 bits per heavy atom. The summed E-state index contributed by atoms with van der Waals surface area (Å²) in [6.07, 6.45) is 1.63. The van der Waals surface area contributed by atoms with E-state index in [9.17, 15) is 0 Å². The van der Waals surface area contributed by atoms with Crippen molar-refractivity contribution in [2.45, 2.75) is 13.8 Å². The lowest BCUT2D eigenvalue weighted by molar-refractivity contribution is 0.271. The number of halogens is 3. The van der Waals surface area contributed by atoms with Crippen LogP contribution in [0.5, 0.6) is 5.75 Å². The number of aromatic nitrogens is 1. The maximum Gasteiger partial charge on any atom is 0.203 e. The first-order valence-corrected chi connectivity index (χ1v) is 10.6. The molecule has 2 aromatic carbocycles. The van der Waals surface area contributed by atoms with Crippen molar-refractivity contribution in [2.24, 2.45) is 11.0 Å². The number of nitrogens with zero attached hydrogens (tertiary/aromatic N) is 2. The van der Waals surface area contributed by atoms with Crippen molar-refractivity contribution in [1.82, 2.24) is 4.98 Å². The number of hydrogen-bond donors (Lipinski definition) is 1. The molecule has 8 heteroatoms. The summed E-state index contributed by atoms with van der Waals surface area (Å²) >= 11 is 19.9. The fourth-order valence-corrected chi connectivity index (χ4v) is 3.69. The normalized spacial score (nSPS) is 11.4. The molecule has 1 N–H and O–H groups in total. The van der Waals surface area contributed by atoms with Gasteiger partial charge in [0.15, 0.2) is 5.75 Å². The molecule has 0 fully saturated rings. The summed E-state index contributed by atoms with van der Waals surface area (Å²) in [5, 5.41) is 8.44. The van der Waals surface area contributed by atoms with E-state index in [0.29, 0.717) is 38.5 Å². The van der Waals surface area contributed by atoms with Gasteiger partial charge in [0.2, 0.25) is 5.13 Å². The smallest absolute Gasteiger partial charge is 0.203 e. The summed E-state index contributed by atoms with van der Waals surface area (Å²) in [4.78, 5) is 4.51. The van der Waals surface area contributed by atoms with Crippen LogP contribution in [0.1, 0.15) is 19.4 Å². The Hall–Kier alpha value is -1.79. The van der Waals surface area contributed by atoms with E-state index in [4.69, 9.17) is 39.5 Å². The van der Waals surface area contributed by atoms with E-state index in [2.05, 4.69) is 29.4 Å². The Bertz CT molecular complexity index is 948. The molecule has 0 bridgehead atoms. The van der Waals surface area contributed by atoms with Crippen LogP contribution in [0.2, 0.25) is 15.1 Å². The predicted molar refractivity (Wildman–Crippen MR) is 121 cm³/mol. The number of hydrazone groups is 1. The van der Waals surface area contributed by atoms with Gasteiger partial charge in [-0.3, -0.25) is 5.43 Å². The molecular formula is C20H18Cl3N3OS. The predicted octanol–water partition coefficient (Wildman–Crippen LogP) is 7.25. The molecule has 3 rings (SSSR count). The average molecular weight is 455 g/mol. The Balaban J connectivity index is 1.65. The molecule has 4 nitrogen and oxygen atoms in total. The van der Waals surface area contributed by atoms with Crippen LogP contribution in [0.4, 0.5) is 5.13 Å². The molecular weight excluding hydrogens is 437 g/mol. The van der Waals surface area contributed by atoms with Crippen molar-refractivity contribution in [1.29, 1.82) is 0 Å². The van der Waals surface area contributed by atoms with Crippen molar-refractivity contribution >= 4 is 57.5 Å². The molecule has 0 radical (unpaired) electrons. The second kappa shape index (κ2) is 9.61. The van der Waals surface area contributed by atoms with Crippen LogP contribution in [0.25, 0.3) is 11.3 Å². The lowest BCUT2D eigenvalue weighted by Crippen LogP contribution is -2.05. The number of thiazole rings is 1. The lowest BCUT2D eigenvalue weighted by Gasteiger charge is -2.12. The Morgan fingerprint density at radius 3 is 2.46 bits per heavy atom. The fourth-order valence-electron chi connectivity index (χ4n) is 2.28. The van der Waals surface area contributed by atoms with Gasteiger partial charge in [-0.05, 0) is 35.7 Å². The largest absolute Gasteiger partial charge is 0.490 e. The Labute approximate surface area is 183 Å². The van der Waals surface area contributed by atoms with Gasteiger partial charge in [0.1, 0.15) is 0 Å². The number of nitrogens with one attached hydrogen (secondary N) is 1. The van der Waals surface area contributed by atoms with E-state index in [1.54, 1.807) is 18.3 Å². The first-order valence-electron chi connectivity index (χ1n) is 8.54. The molecule has 1 heterocycles. The summed E-state index contributed by atoms with van der Waals surface area (Å²) in [6.45, 7) is 4.67. The molecule has 0 amide bonds. The second-order valence-corrected chi connectivity index (χ2v) is 8.54. The Kier molecular flexibility index (Phi) is 7.18. The van der Waals surface area contributed by atoms with E-state index in [1.807, 2.05) is 29.6 Å². The van der Waals surface area contributed by atoms with Crippen LogP contribution in [0.15, 0.2) is 46.9 Å². The molecule has 0 spiro atoms. The third kappa shape index (κ3) is 5.61. The first kappa shape index (κ1) is 20.9. The van der Waals surface area contributed by atoms with E-state index >= 15 is 0 Å². The molecule has 0 unspecified atom stereocenters. The molecule has 3 aromatic rings. The van der Waals surface area contributed by atoms with Gasteiger partial charge in [0.05, 0.1) is 28.6 Å². The minimum absolute atomic E-state index is 0.383. The van der Waals surface area contributed by atoms with Crippen molar-refractivity contribution in [3.8, 4) is 17.0 Å². The van der Waals surface area contributed by atoms with Crippen LogP contribution >= 0.6 is 46.1 Å². The second-order valence-electron chi connectivity index (χ2n) is 6.43. The highest BCUT2D eigenvalue weighted by atomic mass is 35.5. The molecule has 0 saturated carbocycles. The molecule has 146 valence electrons. The zero-order valence-corrected chi connectivity index (χ0v) is 18.3. The highest BCUT2D eigenvalue weighted by Crippen LogP contribution is 2.34.